The largest absolute Gasteiger partial charge is 0.392 e. The van der Waals surface area contributed by atoms with Crippen molar-refractivity contribution in [2.24, 2.45) is 5.73 Å². The molecule has 0 amide bonds. The van der Waals surface area contributed by atoms with E-state index in [-0.39, 0.29) is 10.7 Å². The molecule has 0 rings (SSSR count). The lowest BCUT2D eigenvalue weighted by Gasteiger charge is -2.20. The fraction of sp³-hybridized carbons (Fsp3) is 0.875. The van der Waals surface area contributed by atoms with Crippen LogP contribution in [0.25, 0.3) is 0 Å². The van der Waals surface area contributed by atoms with Crippen molar-refractivity contribution < 1.29 is 8.42 Å². The first-order chi connectivity index (χ1) is 6.74. The normalized spacial score (nSPS) is 12.3. The average molecular weight is 253 g/mol. The molecule has 0 radical (unpaired) electrons. The minimum Gasteiger partial charge on any atom is -0.392 e. The molecule has 0 bridgehead atoms. The average Bonchev–Trinajstić information content (AvgIpc) is 2.00. The van der Waals surface area contributed by atoms with E-state index in [2.05, 4.69) is 16.9 Å². The van der Waals surface area contributed by atoms with Gasteiger partial charge in [-0.05, 0) is 20.9 Å². The van der Waals surface area contributed by atoms with Crippen LogP contribution in [0.1, 0.15) is 13.8 Å². The Bertz CT molecular complexity index is 301. The summed E-state index contributed by atoms with van der Waals surface area (Å²) in [5, 5.41) is 0. The molecule has 15 heavy (non-hydrogen) atoms. The van der Waals surface area contributed by atoms with Crippen LogP contribution in [0, 0.1) is 0 Å². The van der Waals surface area contributed by atoms with Crippen molar-refractivity contribution in [1.82, 2.24) is 9.62 Å². The van der Waals surface area contributed by atoms with Gasteiger partial charge >= 0.3 is 0 Å². The summed E-state index contributed by atoms with van der Waals surface area (Å²) in [4.78, 5) is 2.03. The van der Waals surface area contributed by atoms with E-state index in [1.54, 1.807) is 0 Å². The monoisotopic (exact) mass is 253 g/mol. The molecule has 0 atom stereocenters. The first kappa shape index (κ1) is 14.8. The number of hydrogen-bond acceptors (Lipinski definition) is 4. The highest BCUT2D eigenvalue weighted by Gasteiger charge is 2.11. The lowest BCUT2D eigenvalue weighted by molar-refractivity contribution is 0.278. The van der Waals surface area contributed by atoms with E-state index in [0.717, 1.165) is 0 Å². The molecule has 7 heteroatoms. The summed E-state index contributed by atoms with van der Waals surface area (Å²) in [6, 6.07) is 0.394. The van der Waals surface area contributed by atoms with Gasteiger partial charge < -0.3 is 10.6 Å². The Balaban J connectivity index is 3.91. The Kier molecular flexibility index (Phi) is 6.26. The quantitative estimate of drug-likeness (QED) is 0.600. The fourth-order valence-electron chi connectivity index (χ4n) is 0.874. The lowest BCUT2D eigenvalue weighted by atomic mass is 10.3. The van der Waals surface area contributed by atoms with Crippen molar-refractivity contribution in [3.63, 3.8) is 0 Å². The summed E-state index contributed by atoms with van der Waals surface area (Å²) >= 11 is 4.54. The topological polar surface area (TPSA) is 75.4 Å². The number of likely N-dealkylation sites (N-methyl/N-ethyl adjacent to an activating group) is 1. The smallest absolute Gasteiger partial charge is 0.218 e. The van der Waals surface area contributed by atoms with Crippen LogP contribution in [0.4, 0.5) is 0 Å². The number of nitrogens with two attached hydrogens (primary N) is 1. The van der Waals surface area contributed by atoms with Crippen molar-refractivity contribution >= 4 is 27.2 Å². The van der Waals surface area contributed by atoms with Crippen molar-refractivity contribution in [3.8, 4) is 0 Å². The van der Waals surface area contributed by atoms with Crippen LogP contribution in [0.3, 0.4) is 0 Å². The molecule has 3 N–H and O–H groups in total. The molecule has 0 aliphatic heterocycles. The standard InChI is InChI=1S/C8H19N3O2S2/c1-7(2)11(3)5-4-10-15(12,13)6-8(9)14/h7,10H,4-6H2,1-3H3,(H2,9,14). The van der Waals surface area contributed by atoms with E-state index in [0.29, 0.717) is 19.1 Å². The van der Waals surface area contributed by atoms with Gasteiger partial charge in [0.15, 0.2) is 0 Å². The van der Waals surface area contributed by atoms with Crippen LogP contribution in [0.5, 0.6) is 0 Å². The van der Waals surface area contributed by atoms with Gasteiger partial charge in [0.2, 0.25) is 10.0 Å². The van der Waals surface area contributed by atoms with Gasteiger partial charge in [-0.3, -0.25) is 0 Å². The first-order valence-corrected chi connectivity index (χ1v) is 6.76. The van der Waals surface area contributed by atoms with Crippen LogP contribution < -0.4 is 10.5 Å². The highest BCUT2D eigenvalue weighted by atomic mass is 32.2. The molecule has 0 unspecified atom stereocenters. The Labute approximate surface area is 97.1 Å². The maximum absolute atomic E-state index is 11.3. The van der Waals surface area contributed by atoms with Crippen LogP contribution in [0.2, 0.25) is 0 Å². The summed E-state index contributed by atoms with van der Waals surface area (Å²) in [6.45, 7) is 5.13. The van der Waals surface area contributed by atoms with Gasteiger partial charge in [-0.2, -0.15) is 0 Å². The van der Waals surface area contributed by atoms with E-state index < -0.39 is 10.0 Å². The van der Waals surface area contributed by atoms with Gasteiger partial charge in [0.25, 0.3) is 0 Å². The van der Waals surface area contributed by atoms with E-state index in [1.165, 1.54) is 0 Å². The summed E-state index contributed by atoms with van der Waals surface area (Å²) in [5.74, 6) is -0.284. The molecule has 0 aromatic heterocycles. The summed E-state index contributed by atoms with van der Waals surface area (Å²) in [6.07, 6.45) is 0. The maximum Gasteiger partial charge on any atom is 0.218 e. The molecule has 0 saturated carbocycles. The summed E-state index contributed by atoms with van der Waals surface area (Å²) in [7, 11) is -1.41. The molecular weight excluding hydrogens is 234 g/mol. The van der Waals surface area contributed by atoms with Crippen LogP contribution in [-0.4, -0.2) is 50.2 Å². The zero-order valence-corrected chi connectivity index (χ0v) is 11.0. The number of rotatable bonds is 7. The van der Waals surface area contributed by atoms with Crippen LogP contribution in [-0.2, 0) is 10.0 Å². The van der Waals surface area contributed by atoms with Crippen molar-refractivity contribution in [1.29, 1.82) is 0 Å². The van der Waals surface area contributed by atoms with Gasteiger partial charge in [0, 0.05) is 19.1 Å². The fourth-order valence-corrected chi connectivity index (χ4v) is 2.22. The minimum absolute atomic E-state index is 0.0142. The van der Waals surface area contributed by atoms with Crippen LogP contribution >= 0.6 is 12.2 Å². The number of sulfonamides is 1. The molecule has 5 nitrogen and oxygen atoms in total. The van der Waals surface area contributed by atoms with E-state index in [9.17, 15) is 8.42 Å². The van der Waals surface area contributed by atoms with E-state index in [4.69, 9.17) is 5.73 Å². The second kappa shape index (κ2) is 6.37. The lowest BCUT2D eigenvalue weighted by Crippen LogP contribution is -2.38. The zero-order valence-electron chi connectivity index (χ0n) is 9.36. The molecule has 90 valence electrons. The third kappa shape index (κ3) is 7.66. The highest BCUT2D eigenvalue weighted by molar-refractivity contribution is 7.92. The Hall–Kier alpha value is -0.240. The predicted molar refractivity (Wildman–Crippen MR) is 66.3 cm³/mol. The number of nitrogens with zero attached hydrogens (tertiary/aromatic N) is 1. The van der Waals surface area contributed by atoms with Crippen LogP contribution in [0.15, 0.2) is 0 Å². The summed E-state index contributed by atoms with van der Waals surface area (Å²) in [5.41, 5.74) is 5.16. The molecular formula is C8H19N3O2S2. The van der Waals surface area contributed by atoms with Gasteiger partial charge in [0.05, 0.1) is 4.99 Å². The van der Waals surface area contributed by atoms with Gasteiger partial charge in [0.1, 0.15) is 5.75 Å². The highest BCUT2D eigenvalue weighted by Crippen LogP contribution is 1.92. The van der Waals surface area contributed by atoms with Crippen molar-refractivity contribution in [3.05, 3.63) is 0 Å². The second-order valence-electron chi connectivity index (χ2n) is 3.69. The Morgan fingerprint density at radius 1 is 1.53 bits per heavy atom. The maximum atomic E-state index is 11.3. The molecule has 0 saturated heterocycles. The number of thiocarbonyl (C=S) groups is 1. The Morgan fingerprint density at radius 3 is 2.47 bits per heavy atom. The molecule has 0 aliphatic carbocycles. The zero-order chi connectivity index (χ0) is 12.1. The molecule has 0 fully saturated rings. The molecule has 0 aromatic carbocycles. The number of nitrogens with one attached hydrogen (secondary N) is 1. The SMILES string of the molecule is CC(C)N(C)CCNS(=O)(=O)CC(N)=S. The van der Waals surface area contributed by atoms with E-state index >= 15 is 0 Å². The Morgan fingerprint density at radius 2 is 2.07 bits per heavy atom. The van der Waals surface area contributed by atoms with E-state index in [1.807, 2.05) is 25.8 Å². The second-order valence-corrected chi connectivity index (χ2v) is 6.03. The third-order valence-corrected chi connectivity index (χ3v) is 3.66. The molecule has 0 spiro atoms. The minimum atomic E-state index is -3.35. The predicted octanol–water partition coefficient (Wildman–Crippen LogP) is -0.468. The summed E-state index contributed by atoms with van der Waals surface area (Å²) < 4.78 is 25.0. The molecule has 0 heterocycles. The van der Waals surface area contributed by atoms with Gasteiger partial charge in [-0.15, -0.1) is 0 Å². The molecule has 0 aliphatic rings. The van der Waals surface area contributed by atoms with Crippen molar-refractivity contribution in [2.75, 3.05) is 25.9 Å². The van der Waals surface area contributed by atoms with Gasteiger partial charge in [-0.1, -0.05) is 12.2 Å². The first-order valence-electron chi connectivity index (χ1n) is 4.70. The van der Waals surface area contributed by atoms with Gasteiger partial charge in [-0.25, -0.2) is 13.1 Å². The third-order valence-electron chi connectivity index (χ3n) is 2.00. The van der Waals surface area contributed by atoms with Crippen molar-refractivity contribution in [2.45, 2.75) is 19.9 Å². The number of hydrogen-bond donors (Lipinski definition) is 2. The molecule has 0 aromatic rings.